The predicted octanol–water partition coefficient (Wildman–Crippen LogP) is 16.3. The summed E-state index contributed by atoms with van der Waals surface area (Å²) in [6.07, 6.45) is 0. The number of aromatic nitrogens is 1. The van der Waals surface area contributed by atoms with Gasteiger partial charge in [0.15, 0.2) is 0 Å². The van der Waals surface area contributed by atoms with Crippen LogP contribution in [0.15, 0.2) is 235 Å². The van der Waals surface area contributed by atoms with Crippen LogP contribution in [0.5, 0.6) is 0 Å². The van der Waals surface area contributed by atoms with Crippen LogP contribution >= 0.6 is 0 Å². The van der Waals surface area contributed by atoms with Crippen LogP contribution in [0.2, 0.25) is 0 Å². The van der Waals surface area contributed by atoms with Crippen LogP contribution in [0.4, 0.5) is 17.1 Å². The normalized spacial score (nSPS) is 11.6. The molecule has 3 heteroatoms. The van der Waals surface area contributed by atoms with Crippen LogP contribution in [-0.4, -0.2) is 4.57 Å². The molecule has 0 N–H and O–H groups in total. The first-order valence-electron chi connectivity index (χ1n) is 20.8. The standard InChI is InChI=1S/C58H38N2O/c1-2-15-41-36-44(31-30-39(41)14-1)43-17-12-18-46(38-43)59(54-26-7-5-22-50(54)52-24-13-25-53-51-23-6-10-29-57(51)61-58(52)53)45-34-32-40(33-35-45)42-16-11-19-47(37-42)60-55-27-8-3-20-48(55)49-21-4-9-28-56(49)60/h1-38H. The zero-order valence-corrected chi connectivity index (χ0v) is 33.2. The average Bonchev–Trinajstić information content (AvgIpc) is 3.88. The maximum atomic E-state index is 6.62. The third kappa shape index (κ3) is 5.90. The van der Waals surface area contributed by atoms with Crippen molar-refractivity contribution in [3.63, 3.8) is 0 Å². The Kier molecular flexibility index (Phi) is 8.17. The highest BCUT2D eigenvalue weighted by atomic mass is 16.3. The van der Waals surface area contributed by atoms with Gasteiger partial charge in [0.05, 0.1) is 16.7 Å². The molecule has 0 aliphatic rings. The average molecular weight is 779 g/mol. The first-order chi connectivity index (χ1) is 30.2. The molecule has 10 aromatic carbocycles. The highest BCUT2D eigenvalue weighted by Gasteiger charge is 2.21. The van der Waals surface area contributed by atoms with Crippen molar-refractivity contribution in [2.75, 3.05) is 4.90 Å². The molecule has 0 radical (unpaired) electrons. The molecule has 0 saturated carbocycles. The Hall–Kier alpha value is -8.14. The van der Waals surface area contributed by atoms with E-state index in [9.17, 15) is 0 Å². The molecule has 0 saturated heterocycles. The molecule has 61 heavy (non-hydrogen) atoms. The number of fused-ring (bicyclic) bond motifs is 7. The van der Waals surface area contributed by atoms with Gasteiger partial charge < -0.3 is 13.9 Å². The van der Waals surface area contributed by atoms with E-state index in [1.807, 2.05) is 6.07 Å². The molecule has 0 fully saturated rings. The topological polar surface area (TPSA) is 21.3 Å². The second kappa shape index (κ2) is 14.3. The first-order valence-corrected chi connectivity index (χ1v) is 20.8. The largest absolute Gasteiger partial charge is 0.455 e. The van der Waals surface area contributed by atoms with Crippen molar-refractivity contribution in [1.29, 1.82) is 0 Å². The Morgan fingerprint density at radius 1 is 0.344 bits per heavy atom. The quantitative estimate of drug-likeness (QED) is 0.161. The number of furan rings is 1. The Balaban J connectivity index is 1.00. The zero-order valence-electron chi connectivity index (χ0n) is 33.2. The predicted molar refractivity (Wildman–Crippen MR) is 257 cm³/mol. The molecule has 12 aromatic rings. The molecule has 0 atom stereocenters. The number of para-hydroxylation sites is 5. The van der Waals surface area contributed by atoms with Crippen molar-refractivity contribution >= 4 is 71.6 Å². The number of anilines is 3. The summed E-state index contributed by atoms with van der Waals surface area (Å²) < 4.78 is 9.01. The van der Waals surface area contributed by atoms with Gasteiger partial charge in [0.1, 0.15) is 11.2 Å². The van der Waals surface area contributed by atoms with Crippen LogP contribution in [-0.2, 0) is 0 Å². The molecular formula is C58H38N2O. The lowest BCUT2D eigenvalue weighted by molar-refractivity contribution is 0.670. The summed E-state index contributed by atoms with van der Waals surface area (Å²) in [6, 6.07) is 82.9. The summed E-state index contributed by atoms with van der Waals surface area (Å²) >= 11 is 0. The molecule has 0 aliphatic carbocycles. The van der Waals surface area contributed by atoms with E-state index in [-0.39, 0.29) is 0 Å². The molecule has 2 heterocycles. The van der Waals surface area contributed by atoms with Crippen LogP contribution in [0, 0.1) is 0 Å². The van der Waals surface area contributed by atoms with E-state index in [0.29, 0.717) is 0 Å². The van der Waals surface area contributed by atoms with Gasteiger partial charge in [-0.25, -0.2) is 0 Å². The second-order valence-corrected chi connectivity index (χ2v) is 15.7. The molecular weight excluding hydrogens is 741 g/mol. The molecule has 286 valence electrons. The fourth-order valence-corrected chi connectivity index (χ4v) is 9.30. The van der Waals surface area contributed by atoms with Gasteiger partial charge in [0, 0.05) is 49.7 Å². The first kappa shape index (κ1) is 34.9. The summed E-state index contributed by atoms with van der Waals surface area (Å²) in [7, 11) is 0. The summed E-state index contributed by atoms with van der Waals surface area (Å²) in [5.41, 5.74) is 15.3. The Labute approximate surface area is 353 Å². The minimum absolute atomic E-state index is 0.888. The maximum Gasteiger partial charge on any atom is 0.143 e. The monoisotopic (exact) mass is 778 g/mol. The molecule has 2 aromatic heterocycles. The number of benzene rings is 10. The summed E-state index contributed by atoms with van der Waals surface area (Å²) in [5, 5.41) is 7.21. The van der Waals surface area contributed by atoms with Gasteiger partial charge in [0.25, 0.3) is 0 Å². The van der Waals surface area contributed by atoms with Gasteiger partial charge in [0.2, 0.25) is 0 Å². The number of hydrogen-bond acceptors (Lipinski definition) is 2. The lowest BCUT2D eigenvalue weighted by Crippen LogP contribution is -2.11. The van der Waals surface area contributed by atoms with Crippen molar-refractivity contribution in [2.45, 2.75) is 0 Å². The molecule has 0 spiro atoms. The van der Waals surface area contributed by atoms with Crippen LogP contribution < -0.4 is 4.90 Å². The zero-order chi connectivity index (χ0) is 40.3. The summed E-state index contributed by atoms with van der Waals surface area (Å²) in [5.74, 6) is 0. The van der Waals surface area contributed by atoms with E-state index in [1.54, 1.807) is 0 Å². The molecule has 12 rings (SSSR count). The Bertz CT molecular complexity index is 3560. The fraction of sp³-hybridized carbons (Fsp3) is 0. The SMILES string of the molecule is c1cc(-c2ccc3ccccc3c2)cc(N(c2ccc(-c3cccc(-n4c5ccccc5c5ccccc54)c3)cc2)c2ccccc2-c2cccc3c2oc2ccccc23)c1. The highest BCUT2D eigenvalue weighted by Crippen LogP contribution is 2.45. The maximum absolute atomic E-state index is 6.62. The van der Waals surface area contributed by atoms with Crippen molar-refractivity contribution in [3.05, 3.63) is 231 Å². The highest BCUT2D eigenvalue weighted by molar-refractivity contribution is 6.11. The van der Waals surface area contributed by atoms with Crippen LogP contribution in [0.3, 0.4) is 0 Å². The molecule has 3 nitrogen and oxygen atoms in total. The van der Waals surface area contributed by atoms with E-state index in [4.69, 9.17) is 4.42 Å². The summed E-state index contributed by atoms with van der Waals surface area (Å²) in [6.45, 7) is 0. The smallest absolute Gasteiger partial charge is 0.143 e. The van der Waals surface area contributed by atoms with Gasteiger partial charge >= 0.3 is 0 Å². The van der Waals surface area contributed by atoms with E-state index in [1.165, 1.54) is 38.1 Å². The Morgan fingerprint density at radius 2 is 0.934 bits per heavy atom. The fourth-order valence-electron chi connectivity index (χ4n) is 9.30. The van der Waals surface area contributed by atoms with Crippen molar-refractivity contribution in [1.82, 2.24) is 4.57 Å². The Morgan fingerprint density at radius 3 is 1.75 bits per heavy atom. The molecule has 0 unspecified atom stereocenters. The van der Waals surface area contributed by atoms with Crippen molar-refractivity contribution < 1.29 is 4.42 Å². The minimum atomic E-state index is 0.888. The number of nitrogens with zero attached hydrogens (tertiary/aromatic N) is 2. The van der Waals surface area contributed by atoms with Gasteiger partial charge in [-0.15, -0.1) is 0 Å². The molecule has 0 amide bonds. The number of hydrogen-bond donors (Lipinski definition) is 0. The van der Waals surface area contributed by atoms with Gasteiger partial charge in [-0.1, -0.05) is 164 Å². The van der Waals surface area contributed by atoms with Gasteiger partial charge in [-0.3, -0.25) is 0 Å². The van der Waals surface area contributed by atoms with E-state index < -0.39 is 0 Å². The van der Waals surface area contributed by atoms with E-state index in [2.05, 4.69) is 234 Å². The van der Waals surface area contributed by atoms with Crippen LogP contribution in [0.1, 0.15) is 0 Å². The third-order valence-corrected chi connectivity index (χ3v) is 12.2. The van der Waals surface area contributed by atoms with E-state index in [0.717, 1.165) is 72.5 Å². The lowest BCUT2D eigenvalue weighted by atomic mass is 9.98. The molecule has 0 bridgehead atoms. The molecule has 0 aliphatic heterocycles. The summed E-state index contributed by atoms with van der Waals surface area (Å²) in [4.78, 5) is 2.39. The third-order valence-electron chi connectivity index (χ3n) is 12.2. The van der Waals surface area contributed by atoms with Gasteiger partial charge in [-0.05, 0) is 99.8 Å². The minimum Gasteiger partial charge on any atom is -0.455 e. The van der Waals surface area contributed by atoms with E-state index >= 15 is 0 Å². The van der Waals surface area contributed by atoms with Crippen molar-refractivity contribution in [2.24, 2.45) is 0 Å². The van der Waals surface area contributed by atoms with Crippen LogP contribution in [0.25, 0.3) is 93.6 Å². The van der Waals surface area contributed by atoms with Crippen molar-refractivity contribution in [3.8, 4) is 39.1 Å². The lowest BCUT2D eigenvalue weighted by Gasteiger charge is -2.28. The second-order valence-electron chi connectivity index (χ2n) is 15.7. The number of rotatable bonds is 7. The van der Waals surface area contributed by atoms with Gasteiger partial charge in [-0.2, -0.15) is 0 Å².